The maximum atomic E-state index is 11.7. The number of hydrogen-bond donors (Lipinski definition) is 0. The number of piperazine rings is 1. The van der Waals surface area contributed by atoms with Gasteiger partial charge in [-0.2, -0.15) is 0 Å². The van der Waals surface area contributed by atoms with E-state index in [1.165, 1.54) is 7.11 Å². The number of likely N-dealkylation sites (N-methyl/N-ethyl adjacent to an activating group) is 1. The van der Waals surface area contributed by atoms with Crippen LogP contribution in [0, 0.1) is 0 Å². The second-order valence-corrected chi connectivity index (χ2v) is 4.70. The summed E-state index contributed by atoms with van der Waals surface area (Å²) < 4.78 is 4.79. The lowest BCUT2D eigenvalue weighted by Crippen LogP contribution is -2.45. The Hall–Kier alpha value is -1.46. The standard InChI is InChI=1S/C14H21N3O2/c1-3-16-7-9-17(10-8-16)11-13-12(14(18)19-2)5-4-6-15-13/h4-6H,3,7-11H2,1-2H3. The first-order valence-corrected chi connectivity index (χ1v) is 6.71. The number of aromatic nitrogens is 1. The summed E-state index contributed by atoms with van der Waals surface area (Å²) in [7, 11) is 1.40. The van der Waals surface area contributed by atoms with E-state index in [2.05, 4.69) is 21.7 Å². The van der Waals surface area contributed by atoms with Crippen molar-refractivity contribution in [3.05, 3.63) is 29.6 Å². The minimum atomic E-state index is -0.310. The van der Waals surface area contributed by atoms with Gasteiger partial charge in [0.1, 0.15) is 0 Å². The minimum absolute atomic E-state index is 0.310. The smallest absolute Gasteiger partial charge is 0.339 e. The average Bonchev–Trinajstić information content (AvgIpc) is 2.48. The number of carbonyl (C=O) groups excluding carboxylic acids is 1. The van der Waals surface area contributed by atoms with Crippen molar-refractivity contribution >= 4 is 5.97 Å². The van der Waals surface area contributed by atoms with Gasteiger partial charge in [0.15, 0.2) is 0 Å². The highest BCUT2D eigenvalue weighted by molar-refractivity contribution is 5.90. The van der Waals surface area contributed by atoms with Gasteiger partial charge in [0.25, 0.3) is 0 Å². The zero-order chi connectivity index (χ0) is 13.7. The molecule has 0 aromatic carbocycles. The minimum Gasteiger partial charge on any atom is -0.465 e. The SMILES string of the molecule is CCN1CCN(Cc2ncccc2C(=O)OC)CC1. The lowest BCUT2D eigenvalue weighted by molar-refractivity contribution is 0.0596. The molecule has 0 N–H and O–H groups in total. The van der Waals surface area contributed by atoms with Crippen LogP contribution < -0.4 is 0 Å². The molecule has 1 aromatic heterocycles. The second kappa shape index (κ2) is 6.63. The van der Waals surface area contributed by atoms with Crippen LogP contribution in [0.4, 0.5) is 0 Å². The molecule has 1 aromatic rings. The lowest BCUT2D eigenvalue weighted by Gasteiger charge is -2.33. The van der Waals surface area contributed by atoms with Gasteiger partial charge in [-0.15, -0.1) is 0 Å². The Morgan fingerprint density at radius 1 is 1.32 bits per heavy atom. The fourth-order valence-electron chi connectivity index (χ4n) is 2.34. The molecule has 0 radical (unpaired) electrons. The molecule has 0 aliphatic carbocycles. The summed E-state index contributed by atoms with van der Waals surface area (Å²) in [6, 6.07) is 3.54. The first kappa shape index (κ1) is 14.0. The largest absolute Gasteiger partial charge is 0.465 e. The summed E-state index contributed by atoms with van der Waals surface area (Å²) >= 11 is 0. The Bertz CT molecular complexity index is 428. The second-order valence-electron chi connectivity index (χ2n) is 4.70. The van der Waals surface area contributed by atoms with Gasteiger partial charge in [0.05, 0.1) is 18.4 Å². The van der Waals surface area contributed by atoms with Crippen molar-refractivity contribution in [2.24, 2.45) is 0 Å². The van der Waals surface area contributed by atoms with Crippen molar-refractivity contribution in [3.63, 3.8) is 0 Å². The predicted octanol–water partition coefficient (Wildman–Crippen LogP) is 1.01. The third kappa shape index (κ3) is 3.52. The molecule has 0 saturated carbocycles. The van der Waals surface area contributed by atoms with E-state index in [9.17, 15) is 4.79 Å². The molecular formula is C14H21N3O2. The van der Waals surface area contributed by atoms with E-state index in [4.69, 9.17) is 4.74 Å². The van der Waals surface area contributed by atoms with Crippen LogP contribution in [0.2, 0.25) is 0 Å². The molecule has 0 unspecified atom stereocenters. The molecule has 2 rings (SSSR count). The molecule has 104 valence electrons. The van der Waals surface area contributed by atoms with Crippen molar-refractivity contribution in [2.75, 3.05) is 39.8 Å². The molecular weight excluding hydrogens is 242 g/mol. The summed E-state index contributed by atoms with van der Waals surface area (Å²) in [5.74, 6) is -0.310. The summed E-state index contributed by atoms with van der Waals surface area (Å²) in [5, 5.41) is 0. The Morgan fingerprint density at radius 2 is 2.00 bits per heavy atom. The van der Waals surface area contributed by atoms with Crippen LogP contribution in [0.3, 0.4) is 0 Å². The van der Waals surface area contributed by atoms with Gasteiger partial charge >= 0.3 is 5.97 Å². The Kier molecular flexibility index (Phi) is 4.87. The van der Waals surface area contributed by atoms with E-state index in [-0.39, 0.29) is 5.97 Å². The number of hydrogen-bond acceptors (Lipinski definition) is 5. The molecule has 0 atom stereocenters. The summed E-state index contributed by atoms with van der Waals surface area (Å²) in [6.07, 6.45) is 1.73. The van der Waals surface area contributed by atoms with E-state index in [0.29, 0.717) is 12.1 Å². The van der Waals surface area contributed by atoms with E-state index in [1.54, 1.807) is 18.3 Å². The highest BCUT2D eigenvalue weighted by atomic mass is 16.5. The maximum Gasteiger partial charge on any atom is 0.339 e. The number of ether oxygens (including phenoxy) is 1. The van der Waals surface area contributed by atoms with Gasteiger partial charge in [0, 0.05) is 38.9 Å². The van der Waals surface area contributed by atoms with E-state index < -0.39 is 0 Å². The normalized spacial score (nSPS) is 17.4. The van der Waals surface area contributed by atoms with Crippen LogP contribution in [-0.2, 0) is 11.3 Å². The highest BCUT2D eigenvalue weighted by Crippen LogP contribution is 2.12. The molecule has 0 bridgehead atoms. The van der Waals surface area contributed by atoms with Gasteiger partial charge in [-0.1, -0.05) is 6.92 Å². The lowest BCUT2D eigenvalue weighted by atomic mass is 10.1. The molecule has 19 heavy (non-hydrogen) atoms. The van der Waals surface area contributed by atoms with Gasteiger partial charge < -0.3 is 9.64 Å². The summed E-state index contributed by atoms with van der Waals surface area (Å²) in [6.45, 7) is 8.20. The molecule has 0 amide bonds. The van der Waals surface area contributed by atoms with Crippen LogP contribution >= 0.6 is 0 Å². The van der Waals surface area contributed by atoms with Crippen LogP contribution in [-0.4, -0.2) is 60.6 Å². The van der Waals surface area contributed by atoms with Crippen LogP contribution in [0.5, 0.6) is 0 Å². The van der Waals surface area contributed by atoms with Crippen molar-refractivity contribution in [1.82, 2.24) is 14.8 Å². The average molecular weight is 263 g/mol. The number of esters is 1. The molecule has 1 saturated heterocycles. The monoisotopic (exact) mass is 263 g/mol. The number of methoxy groups -OCH3 is 1. The molecule has 1 fully saturated rings. The number of pyridine rings is 1. The molecule has 1 aliphatic rings. The molecule has 5 heteroatoms. The maximum absolute atomic E-state index is 11.7. The first-order chi connectivity index (χ1) is 9.24. The van der Waals surface area contributed by atoms with Crippen LogP contribution in [0.25, 0.3) is 0 Å². The summed E-state index contributed by atoms with van der Waals surface area (Å²) in [4.78, 5) is 20.8. The predicted molar refractivity (Wildman–Crippen MR) is 73.0 cm³/mol. The summed E-state index contributed by atoms with van der Waals surface area (Å²) in [5.41, 5.74) is 1.38. The van der Waals surface area contributed by atoms with Crippen molar-refractivity contribution in [1.29, 1.82) is 0 Å². The van der Waals surface area contributed by atoms with Crippen LogP contribution in [0.1, 0.15) is 23.0 Å². The fraction of sp³-hybridized carbons (Fsp3) is 0.571. The highest BCUT2D eigenvalue weighted by Gasteiger charge is 2.19. The van der Waals surface area contributed by atoms with Crippen LogP contribution in [0.15, 0.2) is 18.3 Å². The molecule has 2 heterocycles. The van der Waals surface area contributed by atoms with Crippen molar-refractivity contribution in [2.45, 2.75) is 13.5 Å². The molecule has 0 spiro atoms. The zero-order valence-electron chi connectivity index (χ0n) is 11.6. The Morgan fingerprint density at radius 3 is 2.63 bits per heavy atom. The van der Waals surface area contributed by atoms with Crippen molar-refractivity contribution < 1.29 is 9.53 Å². The fourth-order valence-corrected chi connectivity index (χ4v) is 2.34. The van der Waals surface area contributed by atoms with Crippen molar-refractivity contribution in [3.8, 4) is 0 Å². The van der Waals surface area contributed by atoms with E-state index >= 15 is 0 Å². The van der Waals surface area contributed by atoms with Gasteiger partial charge in [0.2, 0.25) is 0 Å². The number of nitrogens with zero attached hydrogens (tertiary/aromatic N) is 3. The third-order valence-electron chi connectivity index (χ3n) is 3.58. The van der Waals surface area contributed by atoms with E-state index in [1.807, 2.05) is 0 Å². The van der Waals surface area contributed by atoms with Gasteiger partial charge in [-0.25, -0.2) is 4.79 Å². The number of carbonyl (C=O) groups is 1. The number of rotatable bonds is 4. The topological polar surface area (TPSA) is 45.7 Å². The van der Waals surface area contributed by atoms with Gasteiger partial charge in [-0.05, 0) is 18.7 Å². The Labute approximate surface area is 114 Å². The van der Waals surface area contributed by atoms with Gasteiger partial charge in [-0.3, -0.25) is 9.88 Å². The quantitative estimate of drug-likeness (QED) is 0.759. The third-order valence-corrected chi connectivity index (χ3v) is 3.58. The zero-order valence-corrected chi connectivity index (χ0v) is 11.6. The first-order valence-electron chi connectivity index (χ1n) is 6.71. The van der Waals surface area contributed by atoms with E-state index in [0.717, 1.165) is 38.4 Å². The Balaban J connectivity index is 2.01. The molecule has 1 aliphatic heterocycles. The molecule has 5 nitrogen and oxygen atoms in total.